The maximum atomic E-state index is 11.0. The van der Waals surface area contributed by atoms with Crippen molar-refractivity contribution in [3.05, 3.63) is 33.9 Å². The first-order valence-electron chi connectivity index (χ1n) is 6.26. The van der Waals surface area contributed by atoms with Crippen LogP contribution in [0.2, 0.25) is 0 Å². The van der Waals surface area contributed by atoms with E-state index >= 15 is 0 Å². The van der Waals surface area contributed by atoms with Gasteiger partial charge in [0, 0.05) is 24.1 Å². The van der Waals surface area contributed by atoms with E-state index in [4.69, 9.17) is 14.9 Å². The first kappa shape index (κ1) is 17.5. The zero-order valence-electron chi connectivity index (χ0n) is 11.8. The number of para-hydroxylation sites is 1. The third-order valence-corrected chi connectivity index (χ3v) is 2.75. The number of hydrogen-bond donors (Lipinski definition) is 3. The lowest BCUT2D eigenvalue weighted by molar-refractivity contribution is -0.384. The van der Waals surface area contributed by atoms with Crippen LogP contribution >= 0.6 is 0 Å². The fourth-order valence-corrected chi connectivity index (χ4v) is 1.84. The molecule has 9 heteroatoms. The number of aliphatic hydroxyl groups is 3. The van der Waals surface area contributed by atoms with Gasteiger partial charge in [-0.3, -0.25) is 15.0 Å². The second kappa shape index (κ2) is 8.06. The Morgan fingerprint density at radius 2 is 2.05 bits per heavy atom. The average Bonchev–Trinajstić information content (AvgIpc) is 2.34. The quantitative estimate of drug-likeness (QED) is 0.237. The molecule has 1 radical (unpaired) electrons. The fourth-order valence-electron chi connectivity index (χ4n) is 1.84. The molecule has 21 heavy (non-hydrogen) atoms. The summed E-state index contributed by atoms with van der Waals surface area (Å²) in [4.78, 5) is 11.9. The minimum absolute atomic E-state index is 0.0216. The fraction of sp³-hybridized carbons (Fsp3) is 0.500. The Labute approximate surface area is 123 Å². The molecule has 8 nitrogen and oxygen atoms in total. The number of nitro groups is 1. The lowest BCUT2D eigenvalue weighted by atomic mass is 9.85. The molecule has 1 rings (SSSR count). The summed E-state index contributed by atoms with van der Waals surface area (Å²) in [5, 5.41) is 38.2. The molecule has 3 N–H and O–H groups in total. The standard InChI is InChI=1S/C12H18BN2O6/c1-8-4-3-5-9(12(8)15(19)20)13-21-11(18)7-14(2)6-10(16)17/h3-5,10-11,16-18H,6-7H2,1-2H3/t11-/m0/s1. The van der Waals surface area contributed by atoms with Crippen LogP contribution in [0.5, 0.6) is 0 Å². The van der Waals surface area contributed by atoms with Crippen molar-refractivity contribution >= 4 is 18.6 Å². The van der Waals surface area contributed by atoms with Gasteiger partial charge >= 0.3 is 7.48 Å². The Kier molecular flexibility index (Phi) is 6.73. The number of aliphatic hydroxyl groups excluding tert-OH is 2. The highest BCUT2D eigenvalue weighted by Crippen LogP contribution is 2.13. The topological polar surface area (TPSA) is 116 Å². The van der Waals surface area contributed by atoms with Crippen LogP contribution in [0.3, 0.4) is 0 Å². The minimum Gasteiger partial charge on any atom is -0.410 e. The van der Waals surface area contributed by atoms with E-state index in [0.717, 1.165) is 7.48 Å². The van der Waals surface area contributed by atoms with Gasteiger partial charge in [-0.2, -0.15) is 0 Å². The lowest BCUT2D eigenvalue weighted by Gasteiger charge is -2.21. The lowest BCUT2D eigenvalue weighted by Crippen LogP contribution is -2.38. The molecule has 0 amide bonds. The van der Waals surface area contributed by atoms with Gasteiger partial charge in [0.15, 0.2) is 12.6 Å². The first-order valence-corrected chi connectivity index (χ1v) is 6.26. The molecule has 115 valence electrons. The average molecular weight is 297 g/mol. The summed E-state index contributed by atoms with van der Waals surface area (Å²) < 4.78 is 5.05. The second-order valence-electron chi connectivity index (χ2n) is 4.68. The Morgan fingerprint density at radius 1 is 1.38 bits per heavy atom. The zero-order valence-corrected chi connectivity index (χ0v) is 11.8. The number of likely N-dealkylation sites (N-methyl/N-ethyl adjacent to an activating group) is 1. The molecule has 0 fully saturated rings. The summed E-state index contributed by atoms with van der Waals surface area (Å²) in [6.07, 6.45) is -2.75. The second-order valence-corrected chi connectivity index (χ2v) is 4.68. The molecule has 0 saturated carbocycles. The molecular formula is C12H18BN2O6. The van der Waals surface area contributed by atoms with Crippen LogP contribution in [0.4, 0.5) is 5.69 Å². The molecule has 0 aliphatic carbocycles. The van der Waals surface area contributed by atoms with Crippen molar-refractivity contribution in [1.82, 2.24) is 4.90 Å². The summed E-state index contributed by atoms with van der Waals surface area (Å²) >= 11 is 0. The summed E-state index contributed by atoms with van der Waals surface area (Å²) in [6.45, 7) is 1.58. The molecule has 1 atom stereocenters. The largest absolute Gasteiger partial charge is 0.410 e. The van der Waals surface area contributed by atoms with Gasteiger partial charge in [0.25, 0.3) is 5.69 Å². The van der Waals surface area contributed by atoms with Gasteiger partial charge in [-0.25, -0.2) is 0 Å². The SMILES string of the molecule is Cc1cccc([B]O[C@H](O)CN(C)CC(O)O)c1[N+](=O)[O-]. The van der Waals surface area contributed by atoms with E-state index in [1.807, 2.05) is 0 Å². The van der Waals surface area contributed by atoms with E-state index < -0.39 is 17.5 Å². The van der Waals surface area contributed by atoms with Crippen LogP contribution in [0.1, 0.15) is 5.56 Å². The van der Waals surface area contributed by atoms with Gasteiger partial charge in [-0.15, -0.1) is 0 Å². The molecule has 0 aromatic heterocycles. The van der Waals surface area contributed by atoms with Crippen LogP contribution in [0.15, 0.2) is 18.2 Å². The van der Waals surface area contributed by atoms with Crippen molar-refractivity contribution in [2.75, 3.05) is 20.1 Å². The number of nitro benzene ring substituents is 1. The van der Waals surface area contributed by atoms with Crippen LogP contribution in [0.25, 0.3) is 0 Å². The number of nitrogens with zero attached hydrogens (tertiary/aromatic N) is 2. The monoisotopic (exact) mass is 297 g/mol. The molecule has 0 bridgehead atoms. The van der Waals surface area contributed by atoms with Gasteiger partial charge in [0.05, 0.1) is 4.92 Å². The van der Waals surface area contributed by atoms with Crippen molar-refractivity contribution in [3.63, 3.8) is 0 Å². The number of rotatable bonds is 8. The Bertz CT molecular complexity index is 485. The Morgan fingerprint density at radius 3 is 2.62 bits per heavy atom. The Hall–Kier alpha value is -1.52. The van der Waals surface area contributed by atoms with Gasteiger partial charge in [-0.05, 0) is 14.0 Å². The maximum Gasteiger partial charge on any atom is 0.340 e. The van der Waals surface area contributed by atoms with Crippen LogP contribution in [0, 0.1) is 17.0 Å². The highest BCUT2D eigenvalue weighted by Gasteiger charge is 2.20. The first-order chi connectivity index (χ1) is 9.81. The number of hydrogen-bond acceptors (Lipinski definition) is 7. The van der Waals surface area contributed by atoms with Crippen molar-refractivity contribution in [2.45, 2.75) is 19.5 Å². The zero-order chi connectivity index (χ0) is 16.0. The normalized spacial score (nSPS) is 12.7. The predicted molar refractivity (Wildman–Crippen MR) is 76.0 cm³/mol. The highest BCUT2D eigenvalue weighted by molar-refractivity contribution is 6.49. The van der Waals surface area contributed by atoms with Crippen LogP contribution in [-0.4, -0.2) is 65.3 Å². The van der Waals surface area contributed by atoms with Crippen LogP contribution in [-0.2, 0) is 4.65 Å². The van der Waals surface area contributed by atoms with E-state index in [-0.39, 0.29) is 24.2 Å². The molecule has 0 heterocycles. The van der Waals surface area contributed by atoms with Crippen LogP contribution < -0.4 is 5.46 Å². The number of aryl methyl sites for hydroxylation is 1. The van der Waals surface area contributed by atoms with Gasteiger partial charge in [-0.1, -0.05) is 18.2 Å². The third-order valence-electron chi connectivity index (χ3n) is 2.75. The van der Waals surface area contributed by atoms with E-state index in [1.165, 1.54) is 11.0 Å². The van der Waals surface area contributed by atoms with Gasteiger partial charge in [0.2, 0.25) is 0 Å². The maximum absolute atomic E-state index is 11.0. The summed E-state index contributed by atoms with van der Waals surface area (Å²) in [5.41, 5.74) is 0.667. The number of benzene rings is 1. The highest BCUT2D eigenvalue weighted by atomic mass is 16.6. The van der Waals surface area contributed by atoms with E-state index in [1.54, 1.807) is 26.1 Å². The van der Waals surface area contributed by atoms with Crippen molar-refractivity contribution in [2.24, 2.45) is 0 Å². The minimum atomic E-state index is -1.51. The molecule has 1 aromatic carbocycles. The molecule has 0 aliphatic heterocycles. The van der Waals surface area contributed by atoms with Gasteiger partial charge < -0.3 is 20.0 Å². The van der Waals surface area contributed by atoms with Gasteiger partial charge in [0.1, 0.15) is 0 Å². The third kappa shape index (κ3) is 5.78. The predicted octanol–water partition coefficient (Wildman–Crippen LogP) is -1.27. The Balaban J connectivity index is 2.59. The van der Waals surface area contributed by atoms with Crippen molar-refractivity contribution < 1.29 is 24.9 Å². The molecule has 0 aliphatic rings. The summed E-state index contributed by atoms with van der Waals surface area (Å²) in [5.74, 6) is 0. The smallest absolute Gasteiger partial charge is 0.340 e. The summed E-state index contributed by atoms with van der Waals surface area (Å²) in [6, 6.07) is 4.78. The van der Waals surface area contributed by atoms with E-state index in [2.05, 4.69) is 0 Å². The molecule has 0 spiro atoms. The van der Waals surface area contributed by atoms with E-state index in [9.17, 15) is 15.2 Å². The van der Waals surface area contributed by atoms with Crippen molar-refractivity contribution in [3.8, 4) is 0 Å². The molecule has 0 unspecified atom stereocenters. The van der Waals surface area contributed by atoms with Crippen molar-refractivity contribution in [1.29, 1.82) is 0 Å². The summed E-state index contributed by atoms with van der Waals surface area (Å²) in [7, 11) is 2.69. The molecular weight excluding hydrogens is 279 g/mol. The molecule has 1 aromatic rings. The van der Waals surface area contributed by atoms with E-state index in [0.29, 0.717) is 5.56 Å². The molecule has 0 saturated heterocycles.